The van der Waals surface area contributed by atoms with Crippen molar-refractivity contribution in [3.63, 3.8) is 0 Å². The molecule has 1 saturated heterocycles. The van der Waals surface area contributed by atoms with Gasteiger partial charge in [-0.05, 0) is 25.0 Å². The molecule has 0 aromatic heterocycles. The molecule has 1 fully saturated rings. The van der Waals surface area contributed by atoms with Gasteiger partial charge in [0, 0.05) is 31.9 Å². The molecular formula is C17H22Cl2N2O3. The summed E-state index contributed by atoms with van der Waals surface area (Å²) in [7, 11) is 0. The molecule has 0 N–H and O–H groups in total. The number of rotatable bonds is 4. The molecule has 0 bridgehead atoms. The Bertz CT molecular complexity index is 603. The zero-order valence-corrected chi connectivity index (χ0v) is 15.7. The summed E-state index contributed by atoms with van der Waals surface area (Å²) in [5, 5.41) is 0.701. The number of piperazine rings is 1. The fourth-order valence-corrected chi connectivity index (χ4v) is 3.30. The number of hydrogen-bond acceptors (Lipinski definition) is 4. The molecule has 1 aliphatic rings. The van der Waals surface area contributed by atoms with Gasteiger partial charge in [0.05, 0.1) is 22.2 Å². The predicted molar refractivity (Wildman–Crippen MR) is 96.4 cm³/mol. The molecule has 5 nitrogen and oxygen atoms in total. The number of Topliss-reactive ketones (excluding diaryl/α,β-unsaturated/α-hetero) is 1. The summed E-state index contributed by atoms with van der Waals surface area (Å²) in [4.78, 5) is 27.3. The van der Waals surface area contributed by atoms with E-state index in [1.807, 2.05) is 13.8 Å². The van der Waals surface area contributed by atoms with Gasteiger partial charge in [-0.2, -0.15) is 0 Å². The van der Waals surface area contributed by atoms with Gasteiger partial charge in [0.25, 0.3) is 0 Å². The summed E-state index contributed by atoms with van der Waals surface area (Å²) >= 11 is 12.4. The number of ether oxygens (including phenoxy) is 1. The monoisotopic (exact) mass is 372 g/mol. The molecule has 0 unspecified atom stereocenters. The third-order valence-electron chi connectivity index (χ3n) is 3.82. The molecule has 24 heavy (non-hydrogen) atoms. The van der Waals surface area contributed by atoms with E-state index in [0.29, 0.717) is 54.3 Å². The van der Waals surface area contributed by atoms with Crippen molar-refractivity contribution in [3.8, 4) is 0 Å². The smallest absolute Gasteiger partial charge is 0.409 e. The molecule has 132 valence electrons. The minimum atomic E-state index is -0.272. The van der Waals surface area contributed by atoms with Crippen molar-refractivity contribution in [3.05, 3.63) is 27.7 Å². The molecule has 0 spiro atoms. The standard InChI is InChI=1S/C17H22Cl2N2O3/c1-11(2)10-24-17(23)21-6-4-20(5-7-21)13-8-14(18)16(12(3)22)15(19)9-13/h8-9,11H,4-7,10H2,1-3H3. The van der Waals surface area contributed by atoms with Gasteiger partial charge in [0.2, 0.25) is 0 Å². The van der Waals surface area contributed by atoms with Crippen LogP contribution in [0.1, 0.15) is 31.1 Å². The molecule has 1 aromatic rings. The Morgan fingerprint density at radius 3 is 2.12 bits per heavy atom. The summed E-state index contributed by atoms with van der Waals surface area (Å²) in [6, 6.07) is 3.49. The Hall–Kier alpha value is -1.46. The second-order valence-corrected chi connectivity index (χ2v) is 7.10. The van der Waals surface area contributed by atoms with Crippen LogP contribution in [0.2, 0.25) is 10.0 Å². The lowest BCUT2D eigenvalue weighted by atomic mass is 10.1. The second kappa shape index (κ2) is 8.08. The zero-order valence-electron chi connectivity index (χ0n) is 14.1. The minimum Gasteiger partial charge on any atom is -0.449 e. The van der Waals surface area contributed by atoms with E-state index >= 15 is 0 Å². The first-order valence-corrected chi connectivity index (χ1v) is 8.71. The average molecular weight is 373 g/mol. The molecule has 2 rings (SSSR count). The molecule has 1 amide bonds. The van der Waals surface area contributed by atoms with Gasteiger partial charge < -0.3 is 14.5 Å². The minimum absolute atomic E-state index is 0.158. The third kappa shape index (κ3) is 4.54. The quantitative estimate of drug-likeness (QED) is 0.746. The average Bonchev–Trinajstić information content (AvgIpc) is 2.51. The molecule has 1 heterocycles. The van der Waals surface area contributed by atoms with Crippen LogP contribution in [0.4, 0.5) is 10.5 Å². The van der Waals surface area contributed by atoms with Crippen LogP contribution in [0.15, 0.2) is 12.1 Å². The van der Waals surface area contributed by atoms with E-state index in [1.54, 1.807) is 17.0 Å². The molecule has 0 saturated carbocycles. The van der Waals surface area contributed by atoms with Crippen molar-refractivity contribution >= 4 is 40.8 Å². The molecule has 1 aliphatic heterocycles. The molecule has 1 aromatic carbocycles. The fourth-order valence-electron chi connectivity index (χ4n) is 2.56. The van der Waals surface area contributed by atoms with Gasteiger partial charge in [0.15, 0.2) is 5.78 Å². The number of ketones is 1. The largest absolute Gasteiger partial charge is 0.449 e. The van der Waals surface area contributed by atoms with Gasteiger partial charge in [-0.25, -0.2) is 4.79 Å². The van der Waals surface area contributed by atoms with Crippen LogP contribution in [-0.4, -0.2) is 49.6 Å². The van der Waals surface area contributed by atoms with Crippen LogP contribution in [0.25, 0.3) is 0 Å². The van der Waals surface area contributed by atoms with E-state index in [9.17, 15) is 9.59 Å². The van der Waals surface area contributed by atoms with E-state index in [2.05, 4.69) is 4.90 Å². The van der Waals surface area contributed by atoms with Crippen LogP contribution < -0.4 is 4.90 Å². The lowest BCUT2D eigenvalue weighted by Gasteiger charge is -2.35. The summed E-state index contributed by atoms with van der Waals surface area (Å²) < 4.78 is 5.25. The number of halogens is 2. The Kier molecular flexibility index (Phi) is 6.35. The SMILES string of the molecule is CC(=O)c1c(Cl)cc(N2CCN(C(=O)OCC(C)C)CC2)cc1Cl. The van der Waals surface area contributed by atoms with E-state index in [4.69, 9.17) is 27.9 Å². The highest BCUT2D eigenvalue weighted by Gasteiger charge is 2.24. The van der Waals surface area contributed by atoms with Crippen LogP contribution >= 0.6 is 23.2 Å². The first-order chi connectivity index (χ1) is 11.3. The highest BCUT2D eigenvalue weighted by molar-refractivity contribution is 6.40. The number of amides is 1. The molecular weight excluding hydrogens is 351 g/mol. The maximum absolute atomic E-state index is 12.0. The van der Waals surface area contributed by atoms with Crippen LogP contribution in [0, 0.1) is 5.92 Å². The zero-order chi connectivity index (χ0) is 17.9. The highest BCUT2D eigenvalue weighted by atomic mass is 35.5. The van der Waals surface area contributed by atoms with Crippen molar-refractivity contribution in [2.75, 3.05) is 37.7 Å². The third-order valence-corrected chi connectivity index (χ3v) is 4.42. The van der Waals surface area contributed by atoms with Crippen LogP contribution in [0.3, 0.4) is 0 Å². The van der Waals surface area contributed by atoms with E-state index in [-0.39, 0.29) is 11.9 Å². The lowest BCUT2D eigenvalue weighted by molar-refractivity contribution is 0.0901. The second-order valence-electron chi connectivity index (χ2n) is 6.29. The van der Waals surface area contributed by atoms with Crippen molar-refractivity contribution in [1.29, 1.82) is 0 Å². The van der Waals surface area contributed by atoms with Gasteiger partial charge in [0.1, 0.15) is 0 Å². The van der Waals surface area contributed by atoms with Gasteiger partial charge in [-0.3, -0.25) is 4.79 Å². The van der Waals surface area contributed by atoms with Crippen molar-refractivity contribution in [2.24, 2.45) is 5.92 Å². The van der Waals surface area contributed by atoms with Gasteiger partial charge >= 0.3 is 6.09 Å². The first kappa shape index (κ1) is 18.9. The van der Waals surface area contributed by atoms with Gasteiger partial charge in [-0.1, -0.05) is 37.0 Å². The van der Waals surface area contributed by atoms with E-state index in [1.165, 1.54) is 6.92 Å². The molecule has 0 aliphatic carbocycles. The van der Waals surface area contributed by atoms with E-state index in [0.717, 1.165) is 5.69 Å². The number of carbonyl (C=O) groups excluding carboxylic acids is 2. The number of nitrogens with zero attached hydrogens (tertiary/aromatic N) is 2. The van der Waals surface area contributed by atoms with Crippen LogP contribution in [0.5, 0.6) is 0 Å². The number of benzene rings is 1. The summed E-state index contributed by atoms with van der Waals surface area (Å²) in [6.07, 6.45) is -0.272. The van der Waals surface area contributed by atoms with Gasteiger partial charge in [-0.15, -0.1) is 0 Å². The Morgan fingerprint density at radius 1 is 1.12 bits per heavy atom. The molecule has 0 radical (unpaired) electrons. The Morgan fingerprint density at radius 2 is 1.67 bits per heavy atom. The van der Waals surface area contributed by atoms with E-state index < -0.39 is 0 Å². The fraction of sp³-hybridized carbons (Fsp3) is 0.529. The lowest BCUT2D eigenvalue weighted by Crippen LogP contribution is -2.49. The predicted octanol–water partition coefficient (Wildman–Crippen LogP) is 4.11. The maximum atomic E-state index is 12.0. The maximum Gasteiger partial charge on any atom is 0.409 e. The first-order valence-electron chi connectivity index (χ1n) is 7.96. The van der Waals surface area contributed by atoms with Crippen molar-refractivity contribution in [1.82, 2.24) is 4.90 Å². The Balaban J connectivity index is 2.00. The number of carbonyl (C=O) groups is 2. The normalized spacial score (nSPS) is 14.9. The van der Waals surface area contributed by atoms with Crippen molar-refractivity contribution < 1.29 is 14.3 Å². The topological polar surface area (TPSA) is 49.9 Å². The molecule has 0 atom stereocenters. The number of hydrogen-bond donors (Lipinski definition) is 0. The highest BCUT2D eigenvalue weighted by Crippen LogP contribution is 2.31. The van der Waals surface area contributed by atoms with Crippen molar-refractivity contribution in [2.45, 2.75) is 20.8 Å². The number of anilines is 1. The summed E-state index contributed by atoms with van der Waals surface area (Å²) in [6.45, 7) is 8.32. The van der Waals surface area contributed by atoms with Crippen LogP contribution in [-0.2, 0) is 4.74 Å². The summed E-state index contributed by atoms with van der Waals surface area (Å²) in [5.74, 6) is 0.161. The summed E-state index contributed by atoms with van der Waals surface area (Å²) in [5.41, 5.74) is 1.20. The Labute approximate surface area is 152 Å². The molecule has 7 heteroatoms.